The zero-order valence-electron chi connectivity index (χ0n) is 19.6. The Hall–Kier alpha value is -2.76. The number of aryl methyl sites for hydroxylation is 1. The molecule has 0 bridgehead atoms. The van der Waals surface area contributed by atoms with Crippen molar-refractivity contribution in [2.24, 2.45) is 0 Å². The number of benzene rings is 2. The maximum atomic E-state index is 13.0. The van der Waals surface area contributed by atoms with E-state index in [0.29, 0.717) is 22.8 Å². The largest absolute Gasteiger partial charge is 0.467 e. The molecule has 170 valence electrons. The lowest BCUT2D eigenvalue weighted by atomic mass is 9.88. The lowest BCUT2D eigenvalue weighted by molar-refractivity contribution is -0.164. The number of nitrogens with two attached hydrogens (primary N) is 1. The molecule has 0 aliphatic rings. The van der Waals surface area contributed by atoms with E-state index in [0.717, 1.165) is 33.3 Å². The van der Waals surface area contributed by atoms with Gasteiger partial charge in [0, 0.05) is 28.2 Å². The van der Waals surface area contributed by atoms with Gasteiger partial charge in [-0.1, -0.05) is 29.8 Å². The number of carbonyl (C=O) groups excluding carboxylic acids is 1. The summed E-state index contributed by atoms with van der Waals surface area (Å²) < 4.78 is 13.5. The first kappa shape index (κ1) is 23.9. The highest BCUT2D eigenvalue weighted by atomic mass is 35.5. The molecule has 1 atom stereocenters. The predicted octanol–water partition coefficient (Wildman–Crippen LogP) is 6.38. The molecule has 2 N–H and O–H groups in total. The van der Waals surface area contributed by atoms with Gasteiger partial charge in [0.15, 0.2) is 6.10 Å². The van der Waals surface area contributed by atoms with E-state index in [1.165, 1.54) is 7.11 Å². The standard InChI is InChI=1S/C26H31ClN2O3/c1-8-13-29-15(2)14-19-21(17-9-11-18(27)12-10-17)20(16(3)22(28)23(19)29)24(25(30)31-7)32-26(4,5)6/h8-12,14,24H,1,13,28H2,2-7H3/t24-/m0/s1. The number of fused-ring (bicyclic) bond motifs is 1. The molecule has 0 radical (unpaired) electrons. The van der Waals surface area contributed by atoms with Crippen molar-refractivity contribution in [2.75, 3.05) is 12.8 Å². The average molecular weight is 455 g/mol. The Morgan fingerprint density at radius 3 is 2.41 bits per heavy atom. The molecular formula is C26H31ClN2O3. The maximum absolute atomic E-state index is 13.0. The van der Waals surface area contributed by atoms with Gasteiger partial charge in [0.2, 0.25) is 0 Å². The van der Waals surface area contributed by atoms with Crippen LogP contribution >= 0.6 is 11.6 Å². The third-order valence-electron chi connectivity index (χ3n) is 5.50. The molecule has 0 fully saturated rings. The highest BCUT2D eigenvalue weighted by molar-refractivity contribution is 6.30. The number of halogens is 1. The van der Waals surface area contributed by atoms with Gasteiger partial charge in [-0.3, -0.25) is 0 Å². The highest BCUT2D eigenvalue weighted by Gasteiger charge is 2.34. The summed E-state index contributed by atoms with van der Waals surface area (Å²) in [6, 6.07) is 9.66. The van der Waals surface area contributed by atoms with Crippen LogP contribution < -0.4 is 5.73 Å². The Bertz CT molecular complexity index is 1170. The first-order valence-corrected chi connectivity index (χ1v) is 10.9. The minimum Gasteiger partial charge on any atom is -0.467 e. The Morgan fingerprint density at radius 2 is 1.88 bits per heavy atom. The molecule has 6 heteroatoms. The first-order valence-electron chi connectivity index (χ1n) is 10.5. The smallest absolute Gasteiger partial charge is 0.339 e. The second-order valence-corrected chi connectivity index (χ2v) is 9.35. The van der Waals surface area contributed by atoms with E-state index < -0.39 is 17.7 Å². The van der Waals surface area contributed by atoms with Gasteiger partial charge in [-0.15, -0.1) is 6.58 Å². The quantitative estimate of drug-likeness (QED) is 0.266. The summed E-state index contributed by atoms with van der Waals surface area (Å²) in [5.41, 5.74) is 12.0. The summed E-state index contributed by atoms with van der Waals surface area (Å²) in [4.78, 5) is 13.0. The Balaban J connectivity index is 2.50. The lowest BCUT2D eigenvalue weighted by Gasteiger charge is -2.29. The van der Waals surface area contributed by atoms with Crippen molar-refractivity contribution in [1.82, 2.24) is 4.57 Å². The maximum Gasteiger partial charge on any atom is 0.339 e. The Labute approximate surface area is 194 Å². The fraction of sp³-hybridized carbons (Fsp3) is 0.346. The molecule has 0 amide bonds. The Kier molecular flexibility index (Phi) is 6.72. The summed E-state index contributed by atoms with van der Waals surface area (Å²) >= 11 is 6.17. The molecule has 2 aromatic carbocycles. The van der Waals surface area contributed by atoms with Gasteiger partial charge in [0.05, 0.1) is 23.9 Å². The minimum atomic E-state index is -0.944. The number of carbonyl (C=O) groups is 1. The molecule has 3 rings (SSSR count). The molecule has 0 saturated heterocycles. The van der Waals surface area contributed by atoms with Gasteiger partial charge in [-0.05, 0) is 69.5 Å². The number of allylic oxidation sites excluding steroid dienone is 1. The van der Waals surface area contributed by atoms with E-state index in [4.69, 9.17) is 26.8 Å². The summed E-state index contributed by atoms with van der Waals surface area (Å²) in [5.74, 6) is -0.473. The number of esters is 1. The molecule has 32 heavy (non-hydrogen) atoms. The average Bonchev–Trinajstić information content (AvgIpc) is 3.05. The monoisotopic (exact) mass is 454 g/mol. The van der Waals surface area contributed by atoms with Crippen LogP contribution in [0.1, 0.15) is 43.7 Å². The molecule has 0 aliphatic carbocycles. The number of methoxy groups -OCH3 is 1. The Morgan fingerprint density at radius 1 is 1.25 bits per heavy atom. The van der Waals surface area contributed by atoms with Crippen LogP contribution in [0, 0.1) is 13.8 Å². The van der Waals surface area contributed by atoms with Crippen LogP contribution in [0.25, 0.3) is 22.0 Å². The number of hydrogen-bond acceptors (Lipinski definition) is 4. The van der Waals surface area contributed by atoms with Gasteiger partial charge in [-0.2, -0.15) is 0 Å². The van der Waals surface area contributed by atoms with E-state index in [2.05, 4.69) is 17.2 Å². The number of nitrogens with zero attached hydrogens (tertiary/aromatic N) is 1. The second kappa shape index (κ2) is 9.00. The van der Waals surface area contributed by atoms with Crippen LogP contribution in [0.4, 0.5) is 5.69 Å². The van der Waals surface area contributed by atoms with E-state index in [-0.39, 0.29) is 0 Å². The SMILES string of the molecule is C=CCn1c(C)cc2c(-c3ccc(Cl)cc3)c([C@H](OC(C)(C)C)C(=O)OC)c(C)c(N)c21. The van der Waals surface area contributed by atoms with Gasteiger partial charge >= 0.3 is 5.97 Å². The van der Waals surface area contributed by atoms with E-state index >= 15 is 0 Å². The number of nitrogen functional groups attached to an aromatic ring is 1. The van der Waals surface area contributed by atoms with Crippen molar-refractivity contribution in [2.45, 2.75) is 52.9 Å². The van der Waals surface area contributed by atoms with Crippen LogP contribution in [0.2, 0.25) is 5.02 Å². The van der Waals surface area contributed by atoms with Crippen molar-refractivity contribution >= 4 is 34.2 Å². The zero-order valence-corrected chi connectivity index (χ0v) is 20.3. The van der Waals surface area contributed by atoms with Crippen molar-refractivity contribution in [1.29, 1.82) is 0 Å². The number of hydrogen-bond donors (Lipinski definition) is 1. The molecule has 1 aromatic heterocycles. The van der Waals surface area contributed by atoms with Gasteiger partial charge in [0.1, 0.15) is 0 Å². The summed E-state index contributed by atoms with van der Waals surface area (Å²) in [6.07, 6.45) is 0.900. The molecule has 0 spiro atoms. The molecule has 0 aliphatic heterocycles. The molecule has 5 nitrogen and oxygen atoms in total. The summed E-state index contributed by atoms with van der Waals surface area (Å²) in [5, 5.41) is 1.57. The topological polar surface area (TPSA) is 66.5 Å². The van der Waals surface area contributed by atoms with Crippen molar-refractivity contribution in [3.8, 4) is 11.1 Å². The number of aromatic nitrogens is 1. The van der Waals surface area contributed by atoms with Crippen molar-refractivity contribution < 1.29 is 14.3 Å². The van der Waals surface area contributed by atoms with E-state index in [1.807, 2.05) is 65.0 Å². The number of ether oxygens (including phenoxy) is 2. The summed E-state index contributed by atoms with van der Waals surface area (Å²) in [7, 11) is 1.37. The van der Waals surface area contributed by atoms with Crippen LogP contribution in [-0.4, -0.2) is 23.2 Å². The normalized spacial score (nSPS) is 12.7. The van der Waals surface area contributed by atoms with Gasteiger partial charge < -0.3 is 19.8 Å². The molecule has 0 unspecified atom stereocenters. The van der Waals surface area contributed by atoms with Gasteiger partial charge in [-0.25, -0.2) is 4.79 Å². The predicted molar refractivity (Wildman–Crippen MR) is 132 cm³/mol. The highest BCUT2D eigenvalue weighted by Crippen LogP contribution is 2.45. The van der Waals surface area contributed by atoms with Crippen molar-refractivity contribution in [3.63, 3.8) is 0 Å². The fourth-order valence-corrected chi connectivity index (χ4v) is 4.24. The molecule has 3 aromatic rings. The fourth-order valence-electron chi connectivity index (χ4n) is 4.12. The molecule has 1 heterocycles. The number of rotatable bonds is 6. The molecule has 0 saturated carbocycles. The third kappa shape index (κ3) is 4.41. The zero-order chi connectivity index (χ0) is 23.8. The first-order chi connectivity index (χ1) is 15.0. The van der Waals surface area contributed by atoms with Crippen LogP contribution in [-0.2, 0) is 20.8 Å². The lowest BCUT2D eigenvalue weighted by Crippen LogP contribution is -2.29. The van der Waals surface area contributed by atoms with Crippen molar-refractivity contribution in [3.05, 3.63) is 64.8 Å². The number of anilines is 1. The van der Waals surface area contributed by atoms with E-state index in [1.54, 1.807) is 0 Å². The van der Waals surface area contributed by atoms with E-state index in [9.17, 15) is 4.79 Å². The second-order valence-electron chi connectivity index (χ2n) is 8.91. The molecular weight excluding hydrogens is 424 g/mol. The van der Waals surface area contributed by atoms with Crippen LogP contribution in [0.5, 0.6) is 0 Å². The third-order valence-corrected chi connectivity index (χ3v) is 5.75. The van der Waals surface area contributed by atoms with Crippen LogP contribution in [0.3, 0.4) is 0 Å². The van der Waals surface area contributed by atoms with Gasteiger partial charge in [0.25, 0.3) is 0 Å². The summed E-state index contributed by atoms with van der Waals surface area (Å²) in [6.45, 7) is 14.2. The van der Waals surface area contributed by atoms with Crippen LogP contribution in [0.15, 0.2) is 43.0 Å². The minimum absolute atomic E-state index is 0.473.